The number of nitriles is 1. The maximum atomic E-state index is 8.82. The van der Waals surface area contributed by atoms with Gasteiger partial charge >= 0.3 is 0 Å². The summed E-state index contributed by atoms with van der Waals surface area (Å²) in [5.74, 6) is 0.701. The van der Waals surface area contributed by atoms with Crippen molar-refractivity contribution in [1.82, 2.24) is 9.97 Å². The van der Waals surface area contributed by atoms with E-state index in [9.17, 15) is 0 Å². The smallest absolute Gasteiger partial charge is 0.159 e. The topological polar surface area (TPSA) is 49.6 Å². The summed E-state index contributed by atoms with van der Waals surface area (Å²) in [7, 11) is 0. The van der Waals surface area contributed by atoms with E-state index >= 15 is 0 Å². The Morgan fingerprint density at radius 3 is 2.25 bits per heavy atom. The molecule has 3 aromatic rings. The second-order valence-electron chi connectivity index (χ2n) is 4.32. The standard InChI is InChI=1S/C17H11N3/c18-12-13-6-8-14(9-7-13)16-10-11-19-17(20-16)15-4-2-1-3-5-15/h1-11H. The van der Waals surface area contributed by atoms with Gasteiger partial charge in [0, 0.05) is 17.3 Å². The lowest BCUT2D eigenvalue weighted by atomic mass is 10.1. The molecule has 1 aromatic heterocycles. The minimum absolute atomic E-state index is 0.645. The SMILES string of the molecule is N#Cc1ccc(-c2ccnc(-c3ccccc3)n2)cc1. The van der Waals surface area contributed by atoms with Crippen molar-refractivity contribution in [2.75, 3.05) is 0 Å². The summed E-state index contributed by atoms with van der Waals surface area (Å²) >= 11 is 0. The van der Waals surface area contributed by atoms with Crippen LogP contribution in [0, 0.1) is 11.3 Å². The summed E-state index contributed by atoms with van der Waals surface area (Å²) < 4.78 is 0. The second-order valence-corrected chi connectivity index (χ2v) is 4.32. The Kier molecular flexibility index (Phi) is 3.22. The Morgan fingerprint density at radius 1 is 0.800 bits per heavy atom. The van der Waals surface area contributed by atoms with Crippen LogP contribution in [-0.4, -0.2) is 9.97 Å². The fourth-order valence-electron chi connectivity index (χ4n) is 1.96. The first-order chi connectivity index (χ1) is 9.86. The molecule has 0 amide bonds. The number of rotatable bonds is 2. The Labute approximate surface area is 117 Å². The Hall–Kier alpha value is -2.99. The summed E-state index contributed by atoms with van der Waals surface area (Å²) in [6.07, 6.45) is 1.75. The Morgan fingerprint density at radius 2 is 1.55 bits per heavy atom. The molecule has 0 bridgehead atoms. The quantitative estimate of drug-likeness (QED) is 0.703. The number of nitrogens with zero attached hydrogens (tertiary/aromatic N) is 3. The molecule has 3 heteroatoms. The maximum absolute atomic E-state index is 8.82. The molecule has 0 unspecified atom stereocenters. The first-order valence-corrected chi connectivity index (χ1v) is 6.26. The highest BCUT2D eigenvalue weighted by Crippen LogP contribution is 2.20. The third kappa shape index (κ3) is 2.40. The van der Waals surface area contributed by atoms with E-state index in [1.54, 1.807) is 18.3 Å². The third-order valence-electron chi connectivity index (χ3n) is 3.00. The van der Waals surface area contributed by atoms with Gasteiger partial charge in [-0.3, -0.25) is 0 Å². The predicted octanol–water partition coefficient (Wildman–Crippen LogP) is 3.68. The molecule has 0 aliphatic carbocycles. The summed E-state index contributed by atoms with van der Waals surface area (Å²) in [6, 6.07) is 21.2. The summed E-state index contributed by atoms with van der Waals surface area (Å²) in [5.41, 5.74) is 3.46. The number of hydrogen-bond donors (Lipinski definition) is 0. The number of hydrogen-bond acceptors (Lipinski definition) is 3. The lowest BCUT2D eigenvalue weighted by molar-refractivity contribution is 1.18. The molecule has 3 nitrogen and oxygen atoms in total. The van der Waals surface area contributed by atoms with Crippen molar-refractivity contribution in [3.05, 3.63) is 72.4 Å². The molecule has 0 fully saturated rings. The van der Waals surface area contributed by atoms with Gasteiger partial charge in [-0.25, -0.2) is 9.97 Å². The Bertz CT molecular complexity index is 756. The molecule has 1 heterocycles. The molecular weight excluding hydrogens is 246 g/mol. The van der Waals surface area contributed by atoms with Gasteiger partial charge in [0.2, 0.25) is 0 Å². The van der Waals surface area contributed by atoms with E-state index in [1.165, 1.54) is 0 Å². The molecule has 0 atom stereocenters. The average molecular weight is 257 g/mol. The van der Waals surface area contributed by atoms with E-state index in [-0.39, 0.29) is 0 Å². The summed E-state index contributed by atoms with van der Waals surface area (Å²) in [5, 5.41) is 8.82. The molecule has 0 aliphatic rings. The van der Waals surface area contributed by atoms with Gasteiger partial charge < -0.3 is 0 Å². The van der Waals surface area contributed by atoms with Crippen molar-refractivity contribution in [3.8, 4) is 28.7 Å². The van der Waals surface area contributed by atoms with Gasteiger partial charge in [0.05, 0.1) is 17.3 Å². The second kappa shape index (κ2) is 5.33. The predicted molar refractivity (Wildman–Crippen MR) is 77.6 cm³/mol. The van der Waals surface area contributed by atoms with Crippen LogP contribution in [0.15, 0.2) is 66.9 Å². The van der Waals surface area contributed by atoms with E-state index in [0.29, 0.717) is 11.4 Å². The molecule has 94 valence electrons. The summed E-state index contributed by atoms with van der Waals surface area (Å²) in [6.45, 7) is 0. The molecule has 20 heavy (non-hydrogen) atoms. The van der Waals surface area contributed by atoms with E-state index in [2.05, 4.69) is 16.0 Å². The van der Waals surface area contributed by atoms with Crippen LogP contribution in [0.3, 0.4) is 0 Å². The minimum Gasteiger partial charge on any atom is -0.237 e. The maximum Gasteiger partial charge on any atom is 0.159 e. The zero-order valence-electron chi connectivity index (χ0n) is 10.7. The van der Waals surface area contributed by atoms with Crippen LogP contribution in [0.4, 0.5) is 0 Å². The van der Waals surface area contributed by atoms with Crippen molar-refractivity contribution in [3.63, 3.8) is 0 Å². The molecule has 2 aromatic carbocycles. The number of benzene rings is 2. The highest BCUT2D eigenvalue weighted by molar-refractivity contribution is 5.63. The first kappa shape index (κ1) is 12.1. The van der Waals surface area contributed by atoms with Crippen molar-refractivity contribution >= 4 is 0 Å². The monoisotopic (exact) mass is 257 g/mol. The number of aromatic nitrogens is 2. The van der Waals surface area contributed by atoms with Crippen molar-refractivity contribution in [1.29, 1.82) is 5.26 Å². The van der Waals surface area contributed by atoms with E-state index in [1.807, 2.05) is 48.5 Å². The first-order valence-electron chi connectivity index (χ1n) is 6.26. The van der Waals surface area contributed by atoms with Gasteiger partial charge in [0.1, 0.15) is 0 Å². The molecule has 0 saturated heterocycles. The van der Waals surface area contributed by atoms with Gasteiger partial charge in [0.15, 0.2) is 5.82 Å². The summed E-state index contributed by atoms with van der Waals surface area (Å²) in [4.78, 5) is 8.88. The average Bonchev–Trinajstić information content (AvgIpc) is 2.56. The highest BCUT2D eigenvalue weighted by atomic mass is 14.9. The van der Waals surface area contributed by atoms with E-state index in [0.717, 1.165) is 16.8 Å². The molecule has 0 radical (unpaired) electrons. The van der Waals surface area contributed by atoms with Gasteiger partial charge in [-0.2, -0.15) is 5.26 Å². The molecule has 0 aliphatic heterocycles. The minimum atomic E-state index is 0.645. The lowest BCUT2D eigenvalue weighted by Gasteiger charge is -2.04. The van der Waals surface area contributed by atoms with Crippen molar-refractivity contribution < 1.29 is 0 Å². The van der Waals surface area contributed by atoms with Gasteiger partial charge in [-0.15, -0.1) is 0 Å². The lowest BCUT2D eigenvalue weighted by Crippen LogP contribution is -1.91. The van der Waals surface area contributed by atoms with E-state index in [4.69, 9.17) is 5.26 Å². The Balaban J connectivity index is 2.01. The zero-order chi connectivity index (χ0) is 13.8. The largest absolute Gasteiger partial charge is 0.237 e. The van der Waals surface area contributed by atoms with Crippen LogP contribution in [0.2, 0.25) is 0 Å². The van der Waals surface area contributed by atoms with E-state index < -0.39 is 0 Å². The van der Waals surface area contributed by atoms with Crippen LogP contribution in [0.25, 0.3) is 22.6 Å². The molecular formula is C17H11N3. The van der Waals surface area contributed by atoms with Crippen molar-refractivity contribution in [2.24, 2.45) is 0 Å². The van der Waals surface area contributed by atoms with Crippen molar-refractivity contribution in [2.45, 2.75) is 0 Å². The molecule has 0 saturated carbocycles. The fraction of sp³-hybridized carbons (Fsp3) is 0. The van der Waals surface area contributed by atoms with Gasteiger partial charge in [0.25, 0.3) is 0 Å². The van der Waals surface area contributed by atoms with Gasteiger partial charge in [-0.1, -0.05) is 42.5 Å². The fourth-order valence-corrected chi connectivity index (χ4v) is 1.96. The normalized spacial score (nSPS) is 9.95. The molecule has 0 spiro atoms. The third-order valence-corrected chi connectivity index (χ3v) is 3.00. The molecule has 3 rings (SSSR count). The van der Waals surface area contributed by atoms with Crippen LogP contribution in [-0.2, 0) is 0 Å². The van der Waals surface area contributed by atoms with Gasteiger partial charge in [-0.05, 0) is 18.2 Å². The molecule has 0 N–H and O–H groups in total. The highest BCUT2D eigenvalue weighted by Gasteiger charge is 2.04. The van der Waals surface area contributed by atoms with Crippen LogP contribution >= 0.6 is 0 Å². The van der Waals surface area contributed by atoms with Crippen LogP contribution in [0.5, 0.6) is 0 Å². The van der Waals surface area contributed by atoms with Crippen LogP contribution in [0.1, 0.15) is 5.56 Å². The van der Waals surface area contributed by atoms with Crippen LogP contribution < -0.4 is 0 Å². The zero-order valence-corrected chi connectivity index (χ0v) is 10.7.